The Hall–Kier alpha value is -1.42. The summed E-state index contributed by atoms with van der Waals surface area (Å²) in [4.78, 5) is 12.9. The first-order chi connectivity index (χ1) is 10.2. The van der Waals surface area contributed by atoms with Crippen molar-refractivity contribution in [3.63, 3.8) is 0 Å². The van der Waals surface area contributed by atoms with E-state index in [4.69, 9.17) is 18.0 Å². The van der Waals surface area contributed by atoms with Crippen molar-refractivity contribution in [2.45, 2.75) is 38.0 Å². The van der Waals surface area contributed by atoms with E-state index in [2.05, 4.69) is 29.6 Å². The summed E-state index contributed by atoms with van der Waals surface area (Å²) >= 11 is 4.85. The van der Waals surface area contributed by atoms with Crippen LogP contribution in [-0.4, -0.2) is 17.4 Å². The van der Waals surface area contributed by atoms with Gasteiger partial charge in [0.2, 0.25) is 5.91 Å². The lowest BCUT2D eigenvalue weighted by molar-refractivity contribution is -0.122. The molecule has 0 aliphatic heterocycles. The first-order valence-electron chi connectivity index (χ1n) is 7.82. The van der Waals surface area contributed by atoms with Gasteiger partial charge in [0.05, 0.1) is 4.99 Å². The molecule has 0 aromatic heterocycles. The van der Waals surface area contributed by atoms with E-state index >= 15 is 0 Å². The van der Waals surface area contributed by atoms with Crippen molar-refractivity contribution >= 4 is 23.1 Å². The van der Waals surface area contributed by atoms with Gasteiger partial charge in [-0.2, -0.15) is 0 Å². The molecule has 2 aliphatic carbocycles. The molecule has 1 aromatic carbocycles. The molecule has 0 heterocycles. The molecule has 2 aliphatic rings. The Kier molecular flexibility index (Phi) is 4.24. The third-order valence-corrected chi connectivity index (χ3v) is 4.99. The van der Waals surface area contributed by atoms with Crippen LogP contribution in [0.15, 0.2) is 24.3 Å². The molecule has 3 N–H and O–H groups in total. The summed E-state index contributed by atoms with van der Waals surface area (Å²) in [6.45, 7) is 0.735. The second-order valence-corrected chi connectivity index (χ2v) is 6.69. The molecule has 112 valence electrons. The minimum atomic E-state index is 0.198. The van der Waals surface area contributed by atoms with E-state index in [9.17, 15) is 4.79 Å². The topological polar surface area (TPSA) is 55.1 Å². The lowest BCUT2D eigenvalue weighted by atomic mass is 9.92. The molecule has 3 atom stereocenters. The first kappa shape index (κ1) is 14.5. The van der Waals surface area contributed by atoms with E-state index in [-0.39, 0.29) is 11.8 Å². The molecule has 1 amide bonds. The highest BCUT2D eigenvalue weighted by Gasteiger charge is 2.56. The Morgan fingerprint density at radius 3 is 2.95 bits per heavy atom. The number of thiocarbonyl (C=S) groups is 1. The van der Waals surface area contributed by atoms with Crippen molar-refractivity contribution in [1.29, 1.82) is 0 Å². The van der Waals surface area contributed by atoms with Gasteiger partial charge in [0.15, 0.2) is 0 Å². The van der Waals surface area contributed by atoms with Crippen LogP contribution in [-0.2, 0) is 11.2 Å². The van der Waals surface area contributed by atoms with Crippen molar-refractivity contribution in [2.75, 3.05) is 6.54 Å². The molecule has 0 bridgehead atoms. The summed E-state index contributed by atoms with van der Waals surface area (Å²) in [5.41, 5.74) is 8.30. The van der Waals surface area contributed by atoms with Gasteiger partial charge in [0, 0.05) is 12.5 Å². The van der Waals surface area contributed by atoms with Gasteiger partial charge < -0.3 is 11.1 Å². The minimum absolute atomic E-state index is 0.198. The third-order valence-electron chi connectivity index (χ3n) is 4.78. The number of amides is 1. The average molecular weight is 302 g/mol. The fourth-order valence-electron chi connectivity index (χ4n) is 3.68. The lowest BCUT2D eigenvalue weighted by Gasteiger charge is -2.13. The number of hydrogen-bond acceptors (Lipinski definition) is 2. The summed E-state index contributed by atoms with van der Waals surface area (Å²) in [5, 5.41) is 3.08. The fourth-order valence-corrected chi connectivity index (χ4v) is 3.82. The Bertz CT molecular complexity index is 557. The van der Waals surface area contributed by atoms with E-state index in [0.717, 1.165) is 38.6 Å². The Labute approximate surface area is 131 Å². The predicted octanol–water partition coefficient (Wildman–Crippen LogP) is 2.54. The number of benzene rings is 1. The van der Waals surface area contributed by atoms with E-state index in [1.807, 2.05) is 0 Å². The number of rotatable bonds is 6. The molecule has 1 saturated carbocycles. The van der Waals surface area contributed by atoms with Crippen LogP contribution in [0.3, 0.4) is 0 Å². The number of aryl methyl sites for hydroxylation is 1. The predicted molar refractivity (Wildman–Crippen MR) is 88.1 cm³/mol. The molecule has 1 aromatic rings. The molecule has 1 fully saturated rings. The SMILES string of the molecule is NC(=S)CCCCNC(=O)C1C2CCc3ccccc3C21. The molecule has 0 spiro atoms. The van der Waals surface area contributed by atoms with Crippen molar-refractivity contribution in [3.8, 4) is 0 Å². The molecule has 4 heteroatoms. The standard InChI is InChI=1S/C17H22N2OS/c18-14(21)7-3-4-10-19-17(20)16-13-9-8-11-5-1-2-6-12(11)15(13)16/h1-2,5-6,13,15-16H,3-4,7-10H2,(H2,18,21)(H,19,20). The highest BCUT2D eigenvalue weighted by Crippen LogP contribution is 2.59. The zero-order chi connectivity index (χ0) is 14.8. The van der Waals surface area contributed by atoms with Crippen molar-refractivity contribution < 1.29 is 4.79 Å². The number of nitrogens with two attached hydrogens (primary N) is 1. The molecule has 21 heavy (non-hydrogen) atoms. The number of nitrogens with one attached hydrogen (secondary N) is 1. The average Bonchev–Trinajstić information content (AvgIpc) is 3.21. The van der Waals surface area contributed by atoms with E-state index in [0.29, 0.717) is 16.8 Å². The Balaban J connectivity index is 1.49. The summed E-state index contributed by atoms with van der Waals surface area (Å²) in [7, 11) is 0. The Morgan fingerprint density at radius 2 is 2.14 bits per heavy atom. The van der Waals surface area contributed by atoms with Crippen LogP contribution in [0, 0.1) is 11.8 Å². The summed E-state index contributed by atoms with van der Waals surface area (Å²) in [6.07, 6.45) is 4.95. The van der Waals surface area contributed by atoms with E-state index < -0.39 is 0 Å². The van der Waals surface area contributed by atoms with Crippen LogP contribution in [0.25, 0.3) is 0 Å². The zero-order valence-corrected chi connectivity index (χ0v) is 13.0. The van der Waals surface area contributed by atoms with Gasteiger partial charge in [-0.25, -0.2) is 0 Å². The molecule has 3 nitrogen and oxygen atoms in total. The molecule has 0 saturated heterocycles. The monoisotopic (exact) mass is 302 g/mol. The van der Waals surface area contributed by atoms with E-state index in [1.165, 1.54) is 11.1 Å². The summed E-state index contributed by atoms with van der Waals surface area (Å²) in [5.74, 6) is 1.46. The fraction of sp³-hybridized carbons (Fsp3) is 0.529. The normalized spacial score (nSPS) is 25.6. The van der Waals surface area contributed by atoms with Gasteiger partial charge in [-0.1, -0.05) is 36.5 Å². The summed E-state index contributed by atoms with van der Waals surface area (Å²) < 4.78 is 0. The van der Waals surface area contributed by atoms with Crippen molar-refractivity contribution in [1.82, 2.24) is 5.32 Å². The largest absolute Gasteiger partial charge is 0.393 e. The van der Waals surface area contributed by atoms with Crippen LogP contribution >= 0.6 is 12.2 Å². The zero-order valence-electron chi connectivity index (χ0n) is 12.2. The highest BCUT2D eigenvalue weighted by atomic mass is 32.1. The van der Waals surface area contributed by atoms with Gasteiger partial charge in [-0.15, -0.1) is 0 Å². The maximum Gasteiger partial charge on any atom is 0.224 e. The highest BCUT2D eigenvalue weighted by molar-refractivity contribution is 7.80. The number of hydrogen-bond donors (Lipinski definition) is 2. The van der Waals surface area contributed by atoms with Crippen LogP contribution in [0.1, 0.15) is 42.7 Å². The van der Waals surface area contributed by atoms with Crippen molar-refractivity contribution in [2.24, 2.45) is 17.6 Å². The smallest absolute Gasteiger partial charge is 0.224 e. The Morgan fingerprint density at radius 1 is 1.33 bits per heavy atom. The van der Waals surface area contributed by atoms with Crippen LogP contribution in [0.4, 0.5) is 0 Å². The number of carbonyl (C=O) groups is 1. The van der Waals surface area contributed by atoms with Crippen LogP contribution < -0.4 is 11.1 Å². The van der Waals surface area contributed by atoms with E-state index in [1.54, 1.807) is 0 Å². The third kappa shape index (κ3) is 3.10. The summed E-state index contributed by atoms with van der Waals surface area (Å²) in [6, 6.07) is 8.58. The number of unbranched alkanes of at least 4 members (excludes halogenated alkanes) is 1. The van der Waals surface area contributed by atoms with Gasteiger partial charge in [0.25, 0.3) is 0 Å². The maximum absolute atomic E-state index is 12.3. The van der Waals surface area contributed by atoms with Gasteiger partial charge >= 0.3 is 0 Å². The van der Waals surface area contributed by atoms with Crippen LogP contribution in [0.5, 0.6) is 0 Å². The maximum atomic E-state index is 12.3. The van der Waals surface area contributed by atoms with Gasteiger partial charge in [-0.05, 0) is 55.1 Å². The lowest BCUT2D eigenvalue weighted by Crippen LogP contribution is -2.27. The van der Waals surface area contributed by atoms with Crippen molar-refractivity contribution in [3.05, 3.63) is 35.4 Å². The minimum Gasteiger partial charge on any atom is -0.393 e. The molecule has 3 unspecified atom stereocenters. The number of carbonyl (C=O) groups excluding carboxylic acids is 1. The quantitative estimate of drug-likeness (QED) is 0.627. The molecule has 0 radical (unpaired) electrons. The molecule has 3 rings (SSSR count). The first-order valence-corrected chi connectivity index (χ1v) is 8.23. The molecular formula is C17H22N2OS. The number of fused-ring (bicyclic) bond motifs is 3. The van der Waals surface area contributed by atoms with Gasteiger partial charge in [0.1, 0.15) is 0 Å². The van der Waals surface area contributed by atoms with Crippen LogP contribution in [0.2, 0.25) is 0 Å². The second-order valence-electron chi connectivity index (χ2n) is 6.17. The van der Waals surface area contributed by atoms with Gasteiger partial charge in [-0.3, -0.25) is 4.79 Å². The second kappa shape index (κ2) is 6.14. The molecular weight excluding hydrogens is 280 g/mol.